The van der Waals surface area contributed by atoms with Crippen molar-refractivity contribution in [2.24, 2.45) is 0 Å². The summed E-state index contributed by atoms with van der Waals surface area (Å²) in [5.41, 5.74) is 0. The summed E-state index contributed by atoms with van der Waals surface area (Å²) in [6, 6.07) is 0. The molecule has 0 saturated carbocycles. The molecule has 0 atom stereocenters. The van der Waals surface area contributed by atoms with E-state index in [0.717, 1.165) is 64.2 Å². The molecule has 0 amide bonds. The average molecular weight is 708 g/mol. The van der Waals surface area contributed by atoms with Crippen molar-refractivity contribution in [3.05, 3.63) is 0 Å². The van der Waals surface area contributed by atoms with Gasteiger partial charge < -0.3 is 0 Å². The van der Waals surface area contributed by atoms with Gasteiger partial charge in [-0.05, 0) is 0 Å². The first-order valence-electron chi connectivity index (χ1n) is 16.3. The Hall–Kier alpha value is 0.418. The molecule has 0 aliphatic rings. The molecule has 0 fully saturated rings. The van der Waals surface area contributed by atoms with Gasteiger partial charge in [-0.1, -0.05) is 0 Å². The maximum atomic E-state index is 6.64. The molecule has 0 N–H and O–H groups in total. The molecule has 0 heterocycles. The Kier molecular flexibility index (Phi) is 30.8. The molecule has 250 valence electrons. The van der Waals surface area contributed by atoms with Crippen LogP contribution in [0.25, 0.3) is 0 Å². The second-order valence-corrected chi connectivity index (χ2v) is 17.4. The van der Waals surface area contributed by atoms with E-state index in [1.165, 1.54) is 0 Å². The molecular formula is C30H65O10Sb. The summed E-state index contributed by atoms with van der Waals surface area (Å²) in [6.07, 6.45) is 8.37. The molecule has 0 rings (SSSR count). The molecule has 0 aliphatic heterocycles. The first-order chi connectivity index (χ1) is 20.1. The van der Waals surface area contributed by atoms with Crippen LogP contribution in [0.5, 0.6) is 0 Å². The van der Waals surface area contributed by atoms with Crippen LogP contribution >= 0.6 is 0 Å². The molecule has 11 heteroatoms. The fourth-order valence-corrected chi connectivity index (χ4v) is 11.9. The van der Waals surface area contributed by atoms with Crippen LogP contribution in [0.3, 0.4) is 0 Å². The second kappa shape index (κ2) is 30.4. The number of unbranched alkanes of at least 4 members (excludes halogenated alkanes) is 5. The molecule has 0 bridgehead atoms. The summed E-state index contributed by atoms with van der Waals surface area (Å²) >= 11 is -5.45. The molecule has 0 unspecified atom stereocenters. The number of rotatable bonds is 35. The maximum absolute atomic E-state index is 6.64. The van der Waals surface area contributed by atoms with E-state index in [2.05, 4.69) is 0 Å². The van der Waals surface area contributed by atoms with Crippen molar-refractivity contribution in [2.45, 2.75) is 98.8 Å². The number of hydrogen-bond acceptors (Lipinski definition) is 10. The zero-order chi connectivity index (χ0) is 30.2. The van der Waals surface area contributed by atoms with E-state index in [0.29, 0.717) is 99.1 Å². The van der Waals surface area contributed by atoms with E-state index in [4.69, 9.17) is 38.8 Å². The normalized spacial score (nSPS) is 13.0. The Morgan fingerprint density at radius 2 is 0.439 bits per heavy atom. The Bertz CT molecular complexity index is 419. The van der Waals surface area contributed by atoms with Crippen LogP contribution in [-0.2, 0) is 38.8 Å². The van der Waals surface area contributed by atoms with Gasteiger partial charge in [0.25, 0.3) is 0 Å². The van der Waals surface area contributed by atoms with E-state index in [1.807, 2.05) is 34.6 Å². The second-order valence-electron chi connectivity index (χ2n) is 9.43. The van der Waals surface area contributed by atoms with Gasteiger partial charge in [-0.2, -0.15) is 0 Å². The summed E-state index contributed by atoms with van der Waals surface area (Å²) in [7, 11) is 0. The van der Waals surface area contributed by atoms with Crippen LogP contribution in [0.15, 0.2) is 0 Å². The predicted molar refractivity (Wildman–Crippen MR) is 164 cm³/mol. The Morgan fingerprint density at radius 1 is 0.268 bits per heavy atom. The standard InChI is InChI=1S/5C6H13O2.Sb/c5*1-2-8-6-4-3-5-7;/h5*2-6H2,1H3;/q5*-1;+5. The first-order valence-corrected chi connectivity index (χ1v) is 21.5. The predicted octanol–water partition coefficient (Wildman–Crippen LogP) is 6.04. The number of ether oxygens (including phenoxy) is 5. The van der Waals surface area contributed by atoms with Gasteiger partial charge in [-0.15, -0.1) is 0 Å². The van der Waals surface area contributed by atoms with Crippen molar-refractivity contribution in [2.75, 3.05) is 99.1 Å². The van der Waals surface area contributed by atoms with Gasteiger partial charge in [0.05, 0.1) is 0 Å². The summed E-state index contributed by atoms with van der Waals surface area (Å²) in [4.78, 5) is 0. The van der Waals surface area contributed by atoms with Gasteiger partial charge in [-0.25, -0.2) is 0 Å². The molecule has 41 heavy (non-hydrogen) atoms. The summed E-state index contributed by atoms with van der Waals surface area (Å²) < 4.78 is 60.8. The van der Waals surface area contributed by atoms with Crippen molar-refractivity contribution >= 4 is 19.5 Å². The third-order valence-electron chi connectivity index (χ3n) is 5.95. The van der Waals surface area contributed by atoms with Crippen LogP contribution in [0.2, 0.25) is 0 Å². The molecule has 0 aliphatic carbocycles. The van der Waals surface area contributed by atoms with Gasteiger partial charge in [0.1, 0.15) is 0 Å². The van der Waals surface area contributed by atoms with Crippen LogP contribution in [0.1, 0.15) is 98.8 Å². The Labute approximate surface area is 255 Å². The molecule has 0 saturated heterocycles. The minimum absolute atomic E-state index is 0.421. The van der Waals surface area contributed by atoms with Gasteiger partial charge >= 0.3 is 256 Å². The van der Waals surface area contributed by atoms with E-state index in [9.17, 15) is 0 Å². The van der Waals surface area contributed by atoms with Crippen molar-refractivity contribution in [3.8, 4) is 0 Å². The van der Waals surface area contributed by atoms with Crippen molar-refractivity contribution in [1.82, 2.24) is 0 Å². The monoisotopic (exact) mass is 706 g/mol. The van der Waals surface area contributed by atoms with Crippen LogP contribution in [0, 0.1) is 0 Å². The van der Waals surface area contributed by atoms with Crippen LogP contribution in [-0.4, -0.2) is 119 Å². The summed E-state index contributed by atoms with van der Waals surface area (Å²) in [6.45, 7) is 19.1. The van der Waals surface area contributed by atoms with Crippen molar-refractivity contribution in [1.29, 1.82) is 0 Å². The molecule has 0 aromatic carbocycles. The fraction of sp³-hybridized carbons (Fsp3) is 1.00. The first kappa shape index (κ1) is 41.4. The molecule has 10 nitrogen and oxygen atoms in total. The minimum atomic E-state index is -5.45. The van der Waals surface area contributed by atoms with Gasteiger partial charge in [-0.3, -0.25) is 0 Å². The van der Waals surface area contributed by atoms with Crippen molar-refractivity contribution in [3.63, 3.8) is 0 Å². The molecule has 0 aromatic heterocycles. The van der Waals surface area contributed by atoms with Crippen LogP contribution in [0.4, 0.5) is 0 Å². The third kappa shape index (κ3) is 23.5. The van der Waals surface area contributed by atoms with Gasteiger partial charge in [0.2, 0.25) is 0 Å². The fourth-order valence-electron chi connectivity index (χ4n) is 3.69. The van der Waals surface area contributed by atoms with Gasteiger partial charge in [0, 0.05) is 0 Å². The van der Waals surface area contributed by atoms with Gasteiger partial charge in [0.15, 0.2) is 0 Å². The number of hydrogen-bond donors (Lipinski definition) is 0. The Balaban J connectivity index is 5.74. The Morgan fingerprint density at radius 3 is 0.610 bits per heavy atom. The van der Waals surface area contributed by atoms with E-state index >= 15 is 0 Å². The third-order valence-corrected chi connectivity index (χ3v) is 14.6. The molecule has 0 spiro atoms. The van der Waals surface area contributed by atoms with E-state index in [-0.39, 0.29) is 0 Å². The zero-order valence-corrected chi connectivity index (χ0v) is 29.8. The average Bonchev–Trinajstić information content (AvgIpc) is 2.98. The van der Waals surface area contributed by atoms with E-state index in [1.54, 1.807) is 0 Å². The SMILES string of the molecule is CCOCCCC[O][Sb]([O]CCCCOCC)([O]CCCCOCC)([O]CCCCOCC)[O]CCCCOCC. The zero-order valence-electron chi connectivity index (χ0n) is 27.2. The molecular weight excluding hydrogens is 642 g/mol. The molecule has 0 radical (unpaired) electrons. The quantitative estimate of drug-likeness (QED) is 0.0574. The van der Waals surface area contributed by atoms with Crippen LogP contribution < -0.4 is 0 Å². The molecule has 0 aromatic rings. The summed E-state index contributed by atoms with van der Waals surface area (Å²) in [5, 5.41) is 0. The topological polar surface area (TPSA) is 92.3 Å². The van der Waals surface area contributed by atoms with E-state index < -0.39 is 19.5 Å². The summed E-state index contributed by atoms with van der Waals surface area (Å²) in [5.74, 6) is 0. The van der Waals surface area contributed by atoms with Crippen molar-refractivity contribution < 1.29 is 38.8 Å².